The number of sulfonamides is 2. The van der Waals surface area contributed by atoms with E-state index < -0.39 is 20.0 Å². The van der Waals surface area contributed by atoms with E-state index in [0.717, 1.165) is 12.1 Å². The van der Waals surface area contributed by atoms with Crippen LogP contribution in [0, 0.1) is 13.8 Å². The molecule has 0 saturated carbocycles. The Hall–Kier alpha value is -0.960. The SMILES string of the molecule is Cc1c(S(N)(=O)=O)ccc(S(N)(=O)=O)c1C. The molecule has 0 aliphatic rings. The summed E-state index contributed by atoms with van der Waals surface area (Å²) in [4.78, 5) is -0.199. The van der Waals surface area contributed by atoms with Crippen molar-refractivity contribution in [1.29, 1.82) is 0 Å². The summed E-state index contributed by atoms with van der Waals surface area (Å²) >= 11 is 0. The van der Waals surface area contributed by atoms with Crippen molar-refractivity contribution in [2.24, 2.45) is 10.3 Å². The van der Waals surface area contributed by atoms with Crippen LogP contribution in [0.3, 0.4) is 0 Å². The maximum Gasteiger partial charge on any atom is 0.238 e. The van der Waals surface area contributed by atoms with Gasteiger partial charge in [0.25, 0.3) is 0 Å². The molecule has 1 aromatic carbocycles. The van der Waals surface area contributed by atoms with Crippen LogP contribution in [0.1, 0.15) is 11.1 Å². The van der Waals surface area contributed by atoms with Gasteiger partial charge in [0, 0.05) is 0 Å². The largest absolute Gasteiger partial charge is 0.238 e. The fraction of sp³-hybridized carbons (Fsp3) is 0.250. The van der Waals surface area contributed by atoms with Gasteiger partial charge in [-0.2, -0.15) is 0 Å². The molecule has 16 heavy (non-hydrogen) atoms. The second-order valence-corrected chi connectivity index (χ2v) is 6.46. The van der Waals surface area contributed by atoms with Crippen LogP contribution in [0.15, 0.2) is 21.9 Å². The van der Waals surface area contributed by atoms with Crippen LogP contribution >= 0.6 is 0 Å². The molecule has 1 aromatic rings. The Bertz CT molecular complexity index is 575. The maximum absolute atomic E-state index is 11.2. The lowest BCUT2D eigenvalue weighted by Crippen LogP contribution is -2.18. The number of hydrogen-bond donors (Lipinski definition) is 2. The summed E-state index contributed by atoms with van der Waals surface area (Å²) in [5, 5.41) is 9.95. The summed E-state index contributed by atoms with van der Waals surface area (Å²) in [7, 11) is -7.71. The predicted octanol–water partition coefficient (Wildman–Crippen LogP) is -0.402. The van der Waals surface area contributed by atoms with Crippen molar-refractivity contribution < 1.29 is 16.8 Å². The number of benzene rings is 1. The highest BCUT2D eigenvalue weighted by Crippen LogP contribution is 2.23. The predicted molar refractivity (Wildman–Crippen MR) is 58.7 cm³/mol. The first-order valence-electron chi connectivity index (χ1n) is 4.21. The molecular weight excluding hydrogens is 252 g/mol. The van der Waals surface area contributed by atoms with E-state index in [1.807, 2.05) is 0 Å². The molecule has 0 aliphatic carbocycles. The van der Waals surface area contributed by atoms with Crippen LogP contribution in [0.25, 0.3) is 0 Å². The zero-order valence-electron chi connectivity index (χ0n) is 8.76. The highest BCUT2D eigenvalue weighted by atomic mass is 32.2. The van der Waals surface area contributed by atoms with Gasteiger partial charge in [0.1, 0.15) is 0 Å². The highest BCUT2D eigenvalue weighted by Gasteiger charge is 2.19. The first-order valence-corrected chi connectivity index (χ1v) is 7.30. The van der Waals surface area contributed by atoms with E-state index in [1.54, 1.807) is 0 Å². The minimum absolute atomic E-state index is 0.0996. The summed E-state index contributed by atoms with van der Waals surface area (Å²) in [6.45, 7) is 2.95. The highest BCUT2D eigenvalue weighted by molar-refractivity contribution is 7.89. The van der Waals surface area contributed by atoms with E-state index in [9.17, 15) is 16.8 Å². The molecule has 0 saturated heterocycles. The molecule has 0 unspecified atom stereocenters. The first kappa shape index (κ1) is 13.1. The number of hydrogen-bond acceptors (Lipinski definition) is 4. The quantitative estimate of drug-likeness (QED) is 0.754. The van der Waals surface area contributed by atoms with Crippen molar-refractivity contribution >= 4 is 20.0 Å². The van der Waals surface area contributed by atoms with Gasteiger partial charge < -0.3 is 0 Å². The second kappa shape index (κ2) is 3.81. The third kappa shape index (κ3) is 2.40. The third-order valence-corrected chi connectivity index (χ3v) is 4.41. The topological polar surface area (TPSA) is 120 Å². The summed E-state index contributed by atoms with van der Waals surface area (Å²) in [6.07, 6.45) is 0. The molecule has 90 valence electrons. The molecule has 0 spiro atoms. The number of nitrogens with two attached hydrogens (primary N) is 2. The van der Waals surface area contributed by atoms with Crippen molar-refractivity contribution in [3.63, 3.8) is 0 Å². The molecule has 6 nitrogen and oxygen atoms in total. The van der Waals surface area contributed by atoms with Gasteiger partial charge in [-0.3, -0.25) is 0 Å². The lowest BCUT2D eigenvalue weighted by atomic mass is 10.1. The lowest BCUT2D eigenvalue weighted by molar-refractivity contribution is 0.592. The summed E-state index contributed by atoms with van der Waals surface area (Å²) < 4.78 is 44.7. The van der Waals surface area contributed by atoms with E-state index in [4.69, 9.17) is 10.3 Å². The first-order chi connectivity index (χ1) is 7.05. The van der Waals surface area contributed by atoms with Gasteiger partial charge in [-0.15, -0.1) is 0 Å². The molecule has 0 heterocycles. The monoisotopic (exact) mass is 264 g/mol. The summed E-state index contributed by atoms with van der Waals surface area (Å²) in [5.74, 6) is 0. The Balaban J connectivity index is 3.67. The minimum Gasteiger partial charge on any atom is -0.225 e. The van der Waals surface area contributed by atoms with Crippen molar-refractivity contribution in [1.82, 2.24) is 0 Å². The standard InChI is InChI=1S/C8H12N2O4S2/c1-5-6(2)8(16(10,13)14)4-3-7(5)15(9,11)12/h3-4H,1-2H3,(H2,9,11,12)(H2,10,13,14). The van der Waals surface area contributed by atoms with Gasteiger partial charge in [-0.25, -0.2) is 27.1 Å². The van der Waals surface area contributed by atoms with Crippen molar-refractivity contribution in [2.45, 2.75) is 23.6 Å². The average Bonchev–Trinajstić information content (AvgIpc) is 2.05. The summed E-state index contributed by atoms with van der Waals surface area (Å²) in [5.41, 5.74) is 0.572. The van der Waals surface area contributed by atoms with E-state index in [-0.39, 0.29) is 20.9 Å². The molecule has 0 aromatic heterocycles. The molecular formula is C8H12N2O4S2. The van der Waals surface area contributed by atoms with E-state index in [0.29, 0.717) is 0 Å². The van der Waals surface area contributed by atoms with Gasteiger partial charge in [0.05, 0.1) is 9.79 Å². The van der Waals surface area contributed by atoms with Crippen LogP contribution in [0.5, 0.6) is 0 Å². The molecule has 4 N–H and O–H groups in total. The Morgan fingerprint density at radius 3 is 1.25 bits per heavy atom. The normalized spacial score (nSPS) is 12.8. The van der Waals surface area contributed by atoms with Crippen LogP contribution in [-0.4, -0.2) is 16.8 Å². The van der Waals surface area contributed by atoms with Crippen molar-refractivity contribution in [3.05, 3.63) is 23.3 Å². The Kier molecular flexibility index (Phi) is 3.12. The molecule has 0 aliphatic heterocycles. The maximum atomic E-state index is 11.2. The van der Waals surface area contributed by atoms with Gasteiger partial charge in [0.2, 0.25) is 20.0 Å². The average molecular weight is 264 g/mol. The minimum atomic E-state index is -3.85. The zero-order chi connectivity index (χ0) is 12.7. The molecule has 0 amide bonds. The third-order valence-electron chi connectivity index (χ3n) is 2.30. The Labute approximate surface area is 94.4 Å². The zero-order valence-corrected chi connectivity index (χ0v) is 10.4. The second-order valence-electron chi connectivity index (χ2n) is 3.40. The van der Waals surface area contributed by atoms with Crippen LogP contribution in [0.4, 0.5) is 0 Å². The van der Waals surface area contributed by atoms with Gasteiger partial charge in [-0.1, -0.05) is 0 Å². The molecule has 0 fully saturated rings. The van der Waals surface area contributed by atoms with Gasteiger partial charge >= 0.3 is 0 Å². The fourth-order valence-corrected chi connectivity index (χ4v) is 3.06. The van der Waals surface area contributed by atoms with E-state index in [2.05, 4.69) is 0 Å². The summed E-state index contributed by atoms with van der Waals surface area (Å²) in [6, 6.07) is 2.27. The van der Waals surface area contributed by atoms with Crippen molar-refractivity contribution in [3.8, 4) is 0 Å². The molecule has 1 rings (SSSR count). The van der Waals surface area contributed by atoms with E-state index in [1.165, 1.54) is 13.8 Å². The smallest absolute Gasteiger partial charge is 0.225 e. The fourth-order valence-electron chi connectivity index (χ4n) is 1.39. The van der Waals surface area contributed by atoms with Gasteiger partial charge in [0.15, 0.2) is 0 Å². The Morgan fingerprint density at radius 2 is 1.06 bits per heavy atom. The molecule has 0 radical (unpaired) electrons. The molecule has 8 heteroatoms. The lowest BCUT2D eigenvalue weighted by Gasteiger charge is -2.10. The van der Waals surface area contributed by atoms with Crippen LogP contribution in [0.2, 0.25) is 0 Å². The molecule has 0 bridgehead atoms. The van der Waals surface area contributed by atoms with Gasteiger partial charge in [-0.05, 0) is 37.1 Å². The van der Waals surface area contributed by atoms with Crippen LogP contribution in [-0.2, 0) is 20.0 Å². The van der Waals surface area contributed by atoms with Crippen LogP contribution < -0.4 is 10.3 Å². The number of primary sulfonamides is 2. The number of rotatable bonds is 2. The van der Waals surface area contributed by atoms with Crippen molar-refractivity contribution in [2.75, 3.05) is 0 Å². The van der Waals surface area contributed by atoms with E-state index >= 15 is 0 Å². The molecule has 0 atom stereocenters. The Morgan fingerprint density at radius 1 is 0.812 bits per heavy atom.